The van der Waals surface area contributed by atoms with Crippen molar-refractivity contribution in [3.63, 3.8) is 0 Å². The lowest BCUT2D eigenvalue weighted by Crippen LogP contribution is -1.87. The third-order valence-corrected chi connectivity index (χ3v) is 6.53. The van der Waals surface area contributed by atoms with Crippen molar-refractivity contribution in [3.8, 4) is 44.5 Å². The van der Waals surface area contributed by atoms with Crippen LogP contribution in [0.2, 0.25) is 0 Å². The van der Waals surface area contributed by atoms with Crippen LogP contribution in [0.15, 0.2) is 146 Å². The standard InChI is InChI=1S/C34H24/c1-3-9-25(10-4-1)27-15-19-29(20-16-27)31-23-24-32(34-14-8-7-13-33(31)34)30-21-17-28(18-22-30)26-11-5-2-6-12-26/h1-24H. The van der Waals surface area contributed by atoms with E-state index in [2.05, 4.69) is 146 Å². The summed E-state index contributed by atoms with van der Waals surface area (Å²) in [7, 11) is 0. The van der Waals surface area contributed by atoms with Crippen molar-refractivity contribution in [2.75, 3.05) is 0 Å². The lowest BCUT2D eigenvalue weighted by Gasteiger charge is -2.13. The van der Waals surface area contributed by atoms with Crippen molar-refractivity contribution in [2.24, 2.45) is 0 Å². The van der Waals surface area contributed by atoms with Crippen LogP contribution in [0.3, 0.4) is 0 Å². The van der Waals surface area contributed by atoms with Crippen LogP contribution in [0.1, 0.15) is 0 Å². The molecule has 0 heteroatoms. The third-order valence-electron chi connectivity index (χ3n) is 6.53. The Morgan fingerprint density at radius 2 is 0.500 bits per heavy atom. The summed E-state index contributed by atoms with van der Waals surface area (Å²) in [4.78, 5) is 0. The van der Waals surface area contributed by atoms with Gasteiger partial charge in [0.05, 0.1) is 0 Å². The summed E-state index contributed by atoms with van der Waals surface area (Å²) in [5, 5.41) is 2.55. The van der Waals surface area contributed by atoms with E-state index in [1.807, 2.05) is 0 Å². The molecule has 0 aliphatic rings. The first kappa shape index (κ1) is 20.2. The van der Waals surface area contributed by atoms with Gasteiger partial charge in [-0.1, -0.05) is 146 Å². The van der Waals surface area contributed by atoms with Gasteiger partial charge in [-0.15, -0.1) is 0 Å². The molecule has 6 aromatic rings. The monoisotopic (exact) mass is 432 g/mol. The van der Waals surface area contributed by atoms with Crippen LogP contribution in [0.4, 0.5) is 0 Å². The lowest BCUT2D eigenvalue weighted by atomic mass is 9.91. The van der Waals surface area contributed by atoms with Crippen LogP contribution >= 0.6 is 0 Å². The molecule has 0 bridgehead atoms. The molecule has 0 heterocycles. The molecule has 0 N–H and O–H groups in total. The zero-order valence-electron chi connectivity index (χ0n) is 18.9. The topological polar surface area (TPSA) is 0 Å². The number of hydrogen-bond donors (Lipinski definition) is 0. The Morgan fingerprint density at radius 3 is 0.882 bits per heavy atom. The predicted octanol–water partition coefficient (Wildman–Crippen LogP) is 9.51. The summed E-state index contributed by atoms with van der Waals surface area (Å²) >= 11 is 0. The van der Waals surface area contributed by atoms with Gasteiger partial charge >= 0.3 is 0 Å². The quantitative estimate of drug-likeness (QED) is 0.260. The Bertz CT molecular complexity index is 1420. The summed E-state index contributed by atoms with van der Waals surface area (Å²) in [5.74, 6) is 0. The van der Waals surface area contributed by atoms with Gasteiger partial charge in [-0.25, -0.2) is 0 Å². The van der Waals surface area contributed by atoms with Gasteiger partial charge in [-0.3, -0.25) is 0 Å². The third kappa shape index (κ3) is 3.80. The summed E-state index contributed by atoms with van der Waals surface area (Å²) in [6.07, 6.45) is 0. The van der Waals surface area contributed by atoms with E-state index in [4.69, 9.17) is 0 Å². The van der Waals surface area contributed by atoms with Gasteiger partial charge < -0.3 is 0 Å². The number of benzene rings is 6. The van der Waals surface area contributed by atoms with Gasteiger partial charge in [0, 0.05) is 0 Å². The fourth-order valence-corrected chi connectivity index (χ4v) is 4.75. The molecule has 6 aromatic carbocycles. The summed E-state index contributed by atoms with van der Waals surface area (Å²) < 4.78 is 0. The molecular formula is C34H24. The zero-order chi connectivity index (χ0) is 22.7. The van der Waals surface area contributed by atoms with E-state index in [9.17, 15) is 0 Å². The van der Waals surface area contributed by atoms with Crippen molar-refractivity contribution in [2.45, 2.75) is 0 Å². The van der Waals surface area contributed by atoms with E-state index in [0.29, 0.717) is 0 Å². The SMILES string of the molecule is c1ccc(-c2ccc(-c3ccc(-c4ccc(-c5ccccc5)cc4)c4ccccc34)cc2)cc1. The van der Waals surface area contributed by atoms with E-state index < -0.39 is 0 Å². The first-order chi connectivity index (χ1) is 16.9. The second-order valence-corrected chi connectivity index (χ2v) is 8.59. The summed E-state index contributed by atoms with van der Waals surface area (Å²) in [6.45, 7) is 0. The summed E-state index contributed by atoms with van der Waals surface area (Å²) in [5.41, 5.74) is 9.97. The maximum Gasteiger partial charge on any atom is -0.00992 e. The Hall–Kier alpha value is -4.42. The number of rotatable bonds is 4. The maximum atomic E-state index is 2.26. The predicted molar refractivity (Wildman–Crippen MR) is 146 cm³/mol. The van der Waals surface area contributed by atoms with Crippen LogP contribution in [0.25, 0.3) is 55.3 Å². The Morgan fingerprint density at radius 1 is 0.206 bits per heavy atom. The number of fused-ring (bicyclic) bond motifs is 1. The molecule has 0 atom stereocenters. The van der Waals surface area contributed by atoms with Gasteiger partial charge in [-0.2, -0.15) is 0 Å². The molecule has 0 unspecified atom stereocenters. The van der Waals surface area contributed by atoms with E-state index >= 15 is 0 Å². The number of hydrogen-bond acceptors (Lipinski definition) is 0. The van der Waals surface area contributed by atoms with Crippen LogP contribution in [-0.4, -0.2) is 0 Å². The molecule has 0 amide bonds. The minimum Gasteiger partial charge on any atom is -0.0622 e. The second-order valence-electron chi connectivity index (χ2n) is 8.59. The first-order valence-corrected chi connectivity index (χ1v) is 11.7. The molecule has 0 saturated carbocycles. The van der Waals surface area contributed by atoms with Crippen LogP contribution in [0.5, 0.6) is 0 Å². The van der Waals surface area contributed by atoms with Gasteiger partial charge in [0.25, 0.3) is 0 Å². The highest BCUT2D eigenvalue weighted by Gasteiger charge is 2.10. The molecule has 0 aromatic heterocycles. The second kappa shape index (κ2) is 8.84. The van der Waals surface area contributed by atoms with Crippen molar-refractivity contribution in [1.82, 2.24) is 0 Å². The molecule has 0 nitrogen and oxygen atoms in total. The van der Waals surface area contributed by atoms with E-state index in [1.54, 1.807) is 0 Å². The van der Waals surface area contributed by atoms with E-state index in [-0.39, 0.29) is 0 Å². The van der Waals surface area contributed by atoms with Gasteiger partial charge in [0.2, 0.25) is 0 Å². The fourth-order valence-electron chi connectivity index (χ4n) is 4.75. The normalized spacial score (nSPS) is 10.9. The molecular weight excluding hydrogens is 408 g/mol. The van der Waals surface area contributed by atoms with Gasteiger partial charge in [0.1, 0.15) is 0 Å². The molecule has 0 spiro atoms. The van der Waals surface area contributed by atoms with Crippen LogP contribution < -0.4 is 0 Å². The Kier molecular flexibility index (Phi) is 5.26. The Balaban J connectivity index is 1.39. The van der Waals surface area contributed by atoms with Crippen LogP contribution in [0, 0.1) is 0 Å². The van der Waals surface area contributed by atoms with Gasteiger partial charge in [0.15, 0.2) is 0 Å². The average Bonchev–Trinajstić information content (AvgIpc) is 2.94. The van der Waals surface area contributed by atoms with Crippen molar-refractivity contribution in [1.29, 1.82) is 0 Å². The highest BCUT2D eigenvalue weighted by Crippen LogP contribution is 2.37. The van der Waals surface area contributed by atoms with Crippen LogP contribution in [-0.2, 0) is 0 Å². The average molecular weight is 433 g/mol. The van der Waals surface area contributed by atoms with Crippen molar-refractivity contribution in [3.05, 3.63) is 146 Å². The molecule has 0 saturated heterocycles. The highest BCUT2D eigenvalue weighted by atomic mass is 14.1. The summed E-state index contributed by atoms with van der Waals surface area (Å²) in [6, 6.07) is 52.1. The smallest absolute Gasteiger partial charge is 0.00992 e. The molecule has 34 heavy (non-hydrogen) atoms. The van der Waals surface area contributed by atoms with E-state index in [0.717, 1.165) is 0 Å². The molecule has 0 aliphatic heterocycles. The lowest BCUT2D eigenvalue weighted by molar-refractivity contribution is 1.59. The minimum atomic E-state index is 1.24. The van der Waals surface area contributed by atoms with Gasteiger partial charge in [-0.05, 0) is 55.3 Å². The maximum absolute atomic E-state index is 2.26. The zero-order valence-corrected chi connectivity index (χ0v) is 18.9. The first-order valence-electron chi connectivity index (χ1n) is 11.7. The van der Waals surface area contributed by atoms with E-state index in [1.165, 1.54) is 55.3 Å². The molecule has 0 aliphatic carbocycles. The van der Waals surface area contributed by atoms with Crippen molar-refractivity contribution < 1.29 is 0 Å². The highest BCUT2D eigenvalue weighted by molar-refractivity contribution is 6.05. The fraction of sp³-hybridized carbons (Fsp3) is 0. The molecule has 6 rings (SSSR count). The Labute approximate surface area is 200 Å². The molecule has 0 radical (unpaired) electrons. The molecule has 0 fully saturated rings. The largest absolute Gasteiger partial charge is 0.0622 e. The molecule has 160 valence electrons. The minimum absolute atomic E-state index is 1.24. The van der Waals surface area contributed by atoms with Crippen molar-refractivity contribution >= 4 is 10.8 Å².